The molecule has 3 heterocycles. The van der Waals surface area contributed by atoms with E-state index in [2.05, 4.69) is 35.5 Å². The van der Waals surface area contributed by atoms with Crippen LogP contribution in [0.1, 0.15) is 63.9 Å². The SMILES string of the molecule is COC(=O)c1c2c3c(Cl)cc(Cl)c(c3n1C)/C=C(\C)N(C)/N=C/CSCc1cc(n(C)n1)CSc1cc3c(c(c1)OCCC2)C=CCC3. The molecule has 48 heavy (non-hydrogen) atoms. The van der Waals surface area contributed by atoms with Crippen molar-refractivity contribution in [2.24, 2.45) is 19.2 Å². The number of hydrazone groups is 1. The van der Waals surface area contributed by atoms with Crippen LogP contribution in [0, 0.1) is 0 Å². The molecule has 2 aliphatic rings. The fourth-order valence-corrected chi connectivity index (χ4v) is 8.52. The van der Waals surface area contributed by atoms with E-state index in [1.165, 1.54) is 23.3 Å². The van der Waals surface area contributed by atoms with Crippen molar-refractivity contribution in [3.63, 3.8) is 0 Å². The zero-order valence-corrected chi connectivity index (χ0v) is 31.0. The smallest absolute Gasteiger partial charge is 0.354 e. The highest BCUT2D eigenvalue weighted by Crippen LogP contribution is 2.40. The maximum Gasteiger partial charge on any atom is 0.354 e. The number of rotatable bonds is 1. The van der Waals surface area contributed by atoms with E-state index in [0.717, 1.165) is 74.8 Å². The Morgan fingerprint density at radius 1 is 1.04 bits per heavy atom. The number of hydrogen-bond donors (Lipinski definition) is 0. The number of fused-ring (bicyclic) bond motifs is 6. The van der Waals surface area contributed by atoms with Gasteiger partial charge in [-0.3, -0.25) is 9.69 Å². The summed E-state index contributed by atoms with van der Waals surface area (Å²) in [6.07, 6.45) is 11.5. The topological polar surface area (TPSA) is 73.9 Å². The zero-order chi connectivity index (χ0) is 33.9. The van der Waals surface area contributed by atoms with Crippen molar-refractivity contribution in [2.45, 2.75) is 49.0 Å². The average molecular weight is 725 g/mol. The first-order chi connectivity index (χ1) is 23.2. The second-order valence-corrected chi connectivity index (χ2v) is 14.8. The maximum absolute atomic E-state index is 13.2. The molecule has 2 aromatic carbocycles. The molecule has 252 valence electrons. The Labute approximate surface area is 300 Å². The van der Waals surface area contributed by atoms with E-state index >= 15 is 0 Å². The lowest BCUT2D eigenvalue weighted by Gasteiger charge is -2.18. The molecule has 8 bridgehead atoms. The quantitative estimate of drug-likeness (QED) is 0.182. The number of carbonyl (C=O) groups excluding carboxylic acids is 1. The van der Waals surface area contributed by atoms with Crippen LogP contribution in [0.15, 0.2) is 46.0 Å². The second-order valence-electron chi connectivity index (χ2n) is 11.9. The van der Waals surface area contributed by atoms with Gasteiger partial charge in [0, 0.05) is 77.4 Å². The summed E-state index contributed by atoms with van der Waals surface area (Å²) in [6.45, 7) is 2.44. The number of hydrogen-bond acceptors (Lipinski definition) is 8. The van der Waals surface area contributed by atoms with Crippen LogP contribution >= 0.6 is 46.7 Å². The Balaban J connectivity index is 1.40. The highest BCUT2D eigenvalue weighted by molar-refractivity contribution is 7.99. The van der Waals surface area contributed by atoms with Crippen LogP contribution in [0.2, 0.25) is 10.0 Å². The molecule has 0 saturated carbocycles. The van der Waals surface area contributed by atoms with E-state index in [9.17, 15) is 4.79 Å². The van der Waals surface area contributed by atoms with Gasteiger partial charge >= 0.3 is 5.97 Å². The Kier molecular flexibility index (Phi) is 10.8. The highest BCUT2D eigenvalue weighted by atomic mass is 35.5. The van der Waals surface area contributed by atoms with Gasteiger partial charge in [-0.25, -0.2) is 4.79 Å². The number of aryl methyl sites for hydroxylation is 4. The lowest BCUT2D eigenvalue weighted by atomic mass is 9.96. The number of halogens is 2. The van der Waals surface area contributed by atoms with E-state index in [4.69, 9.17) is 37.8 Å². The molecule has 12 heteroatoms. The summed E-state index contributed by atoms with van der Waals surface area (Å²) in [6, 6.07) is 8.39. The van der Waals surface area contributed by atoms with Gasteiger partial charge in [0.25, 0.3) is 0 Å². The molecule has 0 amide bonds. The van der Waals surface area contributed by atoms with Crippen molar-refractivity contribution in [3.05, 3.63) is 85.4 Å². The number of carbonyl (C=O) groups is 1. The first-order valence-corrected chi connectivity index (χ1v) is 18.8. The van der Waals surface area contributed by atoms with Crippen molar-refractivity contribution < 1.29 is 14.3 Å². The molecule has 1 aliphatic carbocycles. The first kappa shape index (κ1) is 34.5. The number of ether oxygens (including phenoxy) is 2. The lowest BCUT2D eigenvalue weighted by molar-refractivity contribution is 0.0589. The molecule has 0 saturated heterocycles. The molecule has 0 N–H and O–H groups in total. The van der Waals surface area contributed by atoms with E-state index in [1.807, 2.05) is 54.6 Å². The van der Waals surface area contributed by atoms with Crippen LogP contribution in [0.25, 0.3) is 23.1 Å². The van der Waals surface area contributed by atoms with Crippen molar-refractivity contribution >= 4 is 82.0 Å². The van der Waals surface area contributed by atoms with Crippen LogP contribution in [-0.2, 0) is 43.2 Å². The van der Waals surface area contributed by atoms with Crippen molar-refractivity contribution in [2.75, 3.05) is 26.5 Å². The summed E-state index contributed by atoms with van der Waals surface area (Å²) in [4.78, 5) is 14.4. The van der Waals surface area contributed by atoms with Gasteiger partial charge in [-0.05, 0) is 74.1 Å². The minimum absolute atomic E-state index is 0.426. The maximum atomic E-state index is 13.2. The first-order valence-electron chi connectivity index (χ1n) is 15.9. The number of benzene rings is 2. The van der Waals surface area contributed by atoms with Gasteiger partial charge in [-0.2, -0.15) is 10.2 Å². The molecule has 0 radical (unpaired) electrons. The molecule has 4 aromatic rings. The molecular formula is C36H39Cl2N5O3S2. The molecule has 0 atom stereocenters. The van der Waals surface area contributed by atoms with Gasteiger partial charge in [-0.1, -0.05) is 35.4 Å². The number of methoxy groups -OCH3 is 1. The minimum Gasteiger partial charge on any atom is -0.493 e. The normalized spacial score (nSPS) is 17.7. The van der Waals surface area contributed by atoms with Crippen LogP contribution in [0.4, 0.5) is 0 Å². The van der Waals surface area contributed by atoms with E-state index in [-0.39, 0.29) is 0 Å². The standard InChI is InChI=1S/C36H39Cl2N5O3S2/c1-22-15-29-30(37)19-31(38)33-28(35(36(44)45-5)41(2)34(29)33)11-8-13-46-32-18-26(16-23-9-6-7-10-27(23)32)48-21-25-17-24(40-43(25)4)20-47-14-12-39-42(22)3/h7,10,12,15-19H,6,8-9,11,13-14,20-21H2,1-5H3/b22-15+,39-12+. The molecule has 0 unspecified atom stereocenters. The van der Waals surface area contributed by atoms with E-state index < -0.39 is 5.97 Å². The summed E-state index contributed by atoms with van der Waals surface area (Å²) >= 11 is 17.3. The number of aromatic nitrogens is 3. The fourth-order valence-electron chi connectivity index (χ4n) is 6.25. The summed E-state index contributed by atoms with van der Waals surface area (Å²) < 4.78 is 15.6. The van der Waals surface area contributed by atoms with Crippen LogP contribution in [0.5, 0.6) is 5.75 Å². The largest absolute Gasteiger partial charge is 0.493 e. The average Bonchev–Trinajstić information content (AvgIpc) is 3.58. The van der Waals surface area contributed by atoms with Gasteiger partial charge in [0.15, 0.2) is 0 Å². The highest BCUT2D eigenvalue weighted by Gasteiger charge is 2.26. The summed E-state index contributed by atoms with van der Waals surface area (Å²) in [5.41, 5.74) is 8.34. The van der Waals surface area contributed by atoms with Crippen LogP contribution in [-0.4, -0.2) is 58.1 Å². The zero-order valence-electron chi connectivity index (χ0n) is 27.8. The molecule has 1 aliphatic heterocycles. The lowest BCUT2D eigenvalue weighted by Crippen LogP contribution is -2.11. The predicted molar refractivity (Wildman–Crippen MR) is 201 cm³/mol. The third kappa shape index (κ3) is 7.18. The Hall–Kier alpha value is -3.31. The van der Waals surface area contributed by atoms with Crippen molar-refractivity contribution in [1.29, 1.82) is 0 Å². The van der Waals surface area contributed by atoms with Gasteiger partial charge in [0.1, 0.15) is 11.4 Å². The molecule has 2 aromatic heterocycles. The van der Waals surface area contributed by atoms with E-state index in [1.54, 1.807) is 29.6 Å². The fraction of sp³-hybridized carbons (Fsp3) is 0.361. The van der Waals surface area contributed by atoms with Gasteiger partial charge in [-0.15, -0.1) is 23.5 Å². The summed E-state index contributed by atoms with van der Waals surface area (Å²) in [7, 11) is 7.16. The molecule has 0 fully saturated rings. The van der Waals surface area contributed by atoms with Crippen molar-refractivity contribution in [3.8, 4) is 5.75 Å². The number of thioether (sulfide) groups is 2. The number of esters is 1. The molecule has 8 nitrogen and oxygen atoms in total. The third-order valence-corrected chi connectivity index (χ3v) is 11.3. The van der Waals surface area contributed by atoms with Crippen LogP contribution in [0.3, 0.4) is 0 Å². The molecule has 0 spiro atoms. The molecular weight excluding hydrogens is 685 g/mol. The van der Waals surface area contributed by atoms with Crippen molar-refractivity contribution in [1.82, 2.24) is 19.4 Å². The van der Waals surface area contributed by atoms with Gasteiger partial charge in [0.2, 0.25) is 0 Å². The second kappa shape index (κ2) is 15.1. The third-order valence-electron chi connectivity index (χ3n) is 8.75. The monoisotopic (exact) mass is 723 g/mol. The Morgan fingerprint density at radius 2 is 1.88 bits per heavy atom. The number of allylic oxidation sites excluding steroid dienone is 2. The van der Waals surface area contributed by atoms with E-state index in [0.29, 0.717) is 35.2 Å². The Bertz CT molecular complexity index is 1960. The summed E-state index contributed by atoms with van der Waals surface area (Å²) in [5.74, 6) is 2.80. The Morgan fingerprint density at radius 3 is 2.69 bits per heavy atom. The molecule has 6 rings (SSSR count). The van der Waals surface area contributed by atoms with Gasteiger partial charge in [0.05, 0.1) is 35.0 Å². The summed E-state index contributed by atoms with van der Waals surface area (Å²) in [5, 5.41) is 13.0. The van der Waals surface area contributed by atoms with Gasteiger partial charge < -0.3 is 14.0 Å². The predicted octanol–water partition coefficient (Wildman–Crippen LogP) is 8.79. The number of nitrogens with zero attached hydrogens (tertiary/aromatic N) is 5. The van der Waals surface area contributed by atoms with Crippen LogP contribution < -0.4 is 4.74 Å². The minimum atomic E-state index is -0.426.